The lowest BCUT2D eigenvalue weighted by Gasteiger charge is -2.39. The first kappa shape index (κ1) is 14.4. The highest BCUT2D eigenvalue weighted by Crippen LogP contribution is 2.46. The van der Waals surface area contributed by atoms with Crippen molar-refractivity contribution < 1.29 is 4.79 Å². The molecular formula is C15H27NOS. The van der Waals surface area contributed by atoms with E-state index < -0.39 is 0 Å². The molecule has 3 heteroatoms. The Kier molecular flexibility index (Phi) is 3.61. The summed E-state index contributed by atoms with van der Waals surface area (Å²) in [6.45, 7) is 14.0. The highest BCUT2D eigenvalue weighted by molar-refractivity contribution is 8.00. The maximum absolute atomic E-state index is 12.8. The molecular weight excluding hydrogens is 242 g/mol. The Hall–Kier alpha value is -0.0200. The van der Waals surface area contributed by atoms with E-state index in [-0.39, 0.29) is 17.0 Å². The summed E-state index contributed by atoms with van der Waals surface area (Å²) in [6, 6.07) is 0.127. The minimum atomic E-state index is -0.230. The van der Waals surface area contributed by atoms with Gasteiger partial charge in [-0.05, 0) is 38.9 Å². The Morgan fingerprint density at radius 2 is 1.78 bits per heavy atom. The number of thioether (sulfide) groups is 1. The van der Waals surface area contributed by atoms with Gasteiger partial charge >= 0.3 is 0 Å². The number of Topliss-reactive ketones (excluding diaryl/α,β-unsaturated/α-hetero) is 1. The van der Waals surface area contributed by atoms with Gasteiger partial charge in [-0.15, -0.1) is 0 Å². The van der Waals surface area contributed by atoms with Crippen LogP contribution in [-0.2, 0) is 4.79 Å². The first-order valence-corrected chi connectivity index (χ1v) is 8.10. The number of nitrogens with zero attached hydrogens (tertiary/aromatic N) is 1. The Balaban J connectivity index is 2.29. The zero-order valence-electron chi connectivity index (χ0n) is 12.6. The molecule has 0 aromatic heterocycles. The monoisotopic (exact) mass is 269 g/mol. The van der Waals surface area contributed by atoms with Crippen molar-refractivity contribution in [1.82, 2.24) is 4.90 Å². The summed E-state index contributed by atoms with van der Waals surface area (Å²) in [5.41, 5.74) is -0.136. The van der Waals surface area contributed by atoms with E-state index in [4.69, 9.17) is 0 Å². The van der Waals surface area contributed by atoms with Crippen molar-refractivity contribution in [1.29, 1.82) is 0 Å². The maximum atomic E-state index is 12.8. The Labute approximate surface area is 116 Å². The number of carbonyl (C=O) groups is 1. The van der Waals surface area contributed by atoms with Gasteiger partial charge in [0.2, 0.25) is 0 Å². The molecule has 2 fully saturated rings. The summed E-state index contributed by atoms with van der Waals surface area (Å²) in [7, 11) is 0. The van der Waals surface area contributed by atoms with Gasteiger partial charge < -0.3 is 0 Å². The molecule has 0 radical (unpaired) electrons. The average molecular weight is 269 g/mol. The molecule has 2 aliphatic heterocycles. The first-order valence-electron chi connectivity index (χ1n) is 7.05. The number of rotatable bonds is 1. The van der Waals surface area contributed by atoms with Crippen molar-refractivity contribution in [2.45, 2.75) is 64.8 Å². The molecule has 0 spiro atoms. The van der Waals surface area contributed by atoms with Crippen molar-refractivity contribution in [3.8, 4) is 0 Å². The summed E-state index contributed by atoms with van der Waals surface area (Å²) in [6.07, 6.45) is 1.29. The van der Waals surface area contributed by atoms with Gasteiger partial charge in [-0.25, -0.2) is 0 Å². The second kappa shape index (κ2) is 4.52. The molecule has 104 valence electrons. The Morgan fingerprint density at radius 1 is 1.17 bits per heavy atom. The molecule has 0 N–H and O–H groups in total. The fraction of sp³-hybridized carbons (Fsp3) is 0.933. The number of carbonyl (C=O) groups excluding carboxylic acids is 1. The van der Waals surface area contributed by atoms with Crippen LogP contribution in [0.1, 0.15) is 48.0 Å². The minimum Gasteiger partial charge on any atom is -0.297 e. The fourth-order valence-electron chi connectivity index (χ4n) is 3.17. The summed E-state index contributed by atoms with van der Waals surface area (Å²) in [5.74, 6) is 2.39. The van der Waals surface area contributed by atoms with Crippen LogP contribution in [0, 0.1) is 11.3 Å². The molecule has 2 nitrogen and oxygen atoms in total. The molecule has 0 saturated carbocycles. The lowest BCUT2D eigenvalue weighted by molar-refractivity contribution is -0.132. The summed E-state index contributed by atoms with van der Waals surface area (Å²) < 4.78 is 0. The van der Waals surface area contributed by atoms with E-state index in [2.05, 4.69) is 46.4 Å². The zero-order chi connectivity index (χ0) is 13.7. The van der Waals surface area contributed by atoms with Crippen molar-refractivity contribution in [2.24, 2.45) is 11.3 Å². The van der Waals surface area contributed by atoms with E-state index in [0.717, 1.165) is 12.5 Å². The SMILES string of the molecule is CC(C)(C)C(=O)C1C2SCCC2CN1C(C)(C)C. The van der Waals surface area contributed by atoms with Crippen LogP contribution < -0.4 is 0 Å². The number of hydrogen-bond acceptors (Lipinski definition) is 3. The normalized spacial score (nSPS) is 33.8. The maximum Gasteiger partial charge on any atom is 0.156 e. The van der Waals surface area contributed by atoms with Gasteiger partial charge in [0.05, 0.1) is 6.04 Å². The number of hydrogen-bond donors (Lipinski definition) is 0. The van der Waals surface area contributed by atoms with E-state index in [1.807, 2.05) is 11.8 Å². The van der Waals surface area contributed by atoms with Crippen LogP contribution in [0.15, 0.2) is 0 Å². The highest BCUT2D eigenvalue weighted by Gasteiger charge is 2.52. The average Bonchev–Trinajstić information content (AvgIpc) is 2.71. The molecule has 3 unspecified atom stereocenters. The number of likely N-dealkylation sites (tertiary alicyclic amines) is 1. The summed E-state index contributed by atoms with van der Waals surface area (Å²) in [4.78, 5) is 15.3. The van der Waals surface area contributed by atoms with Crippen LogP contribution >= 0.6 is 11.8 Å². The molecule has 0 amide bonds. The molecule has 3 atom stereocenters. The Bertz CT molecular complexity index is 339. The van der Waals surface area contributed by atoms with Gasteiger partial charge in [0.25, 0.3) is 0 Å². The third-order valence-corrected chi connectivity index (χ3v) is 5.71. The molecule has 2 aliphatic rings. The van der Waals surface area contributed by atoms with Gasteiger partial charge in [-0.3, -0.25) is 9.69 Å². The quantitative estimate of drug-likeness (QED) is 0.729. The molecule has 2 saturated heterocycles. The highest BCUT2D eigenvalue weighted by atomic mass is 32.2. The predicted molar refractivity (Wildman–Crippen MR) is 79.1 cm³/mol. The van der Waals surface area contributed by atoms with Crippen molar-refractivity contribution >= 4 is 17.5 Å². The molecule has 2 heterocycles. The van der Waals surface area contributed by atoms with Gasteiger partial charge in [0.15, 0.2) is 5.78 Å². The van der Waals surface area contributed by atoms with E-state index in [1.54, 1.807) is 0 Å². The van der Waals surface area contributed by atoms with Gasteiger partial charge in [-0.1, -0.05) is 20.8 Å². The second-order valence-electron chi connectivity index (χ2n) is 7.77. The van der Waals surface area contributed by atoms with E-state index in [1.165, 1.54) is 12.2 Å². The molecule has 18 heavy (non-hydrogen) atoms. The third-order valence-electron chi connectivity index (χ3n) is 4.21. The summed E-state index contributed by atoms with van der Waals surface area (Å²) in [5, 5.41) is 0.538. The largest absolute Gasteiger partial charge is 0.297 e. The second-order valence-corrected chi connectivity index (χ2v) is 9.05. The van der Waals surface area contributed by atoms with Gasteiger partial charge in [-0.2, -0.15) is 11.8 Å². The topological polar surface area (TPSA) is 20.3 Å². The van der Waals surface area contributed by atoms with Crippen LogP contribution in [-0.4, -0.2) is 39.8 Å². The fourth-order valence-corrected chi connectivity index (χ4v) is 4.83. The Morgan fingerprint density at radius 3 is 2.28 bits per heavy atom. The van der Waals surface area contributed by atoms with Gasteiger partial charge in [0.1, 0.15) is 0 Å². The number of fused-ring (bicyclic) bond motifs is 1. The van der Waals surface area contributed by atoms with Crippen LogP contribution in [0.2, 0.25) is 0 Å². The molecule has 2 rings (SSSR count). The van der Waals surface area contributed by atoms with E-state index in [0.29, 0.717) is 11.0 Å². The van der Waals surface area contributed by atoms with Crippen LogP contribution in [0.5, 0.6) is 0 Å². The van der Waals surface area contributed by atoms with Crippen LogP contribution in [0.4, 0.5) is 0 Å². The smallest absolute Gasteiger partial charge is 0.156 e. The molecule has 0 aromatic rings. The molecule has 0 bridgehead atoms. The first-order chi connectivity index (χ1) is 8.12. The third kappa shape index (κ3) is 2.49. The van der Waals surface area contributed by atoms with Gasteiger partial charge in [0, 0.05) is 22.7 Å². The summed E-state index contributed by atoms with van der Waals surface area (Å²) >= 11 is 2.02. The van der Waals surface area contributed by atoms with Crippen LogP contribution in [0.25, 0.3) is 0 Å². The lowest BCUT2D eigenvalue weighted by atomic mass is 9.83. The zero-order valence-corrected chi connectivity index (χ0v) is 13.4. The van der Waals surface area contributed by atoms with Crippen molar-refractivity contribution in [3.63, 3.8) is 0 Å². The van der Waals surface area contributed by atoms with E-state index >= 15 is 0 Å². The van der Waals surface area contributed by atoms with Crippen molar-refractivity contribution in [2.75, 3.05) is 12.3 Å². The molecule has 0 aliphatic carbocycles. The number of ketones is 1. The van der Waals surface area contributed by atoms with E-state index in [9.17, 15) is 4.79 Å². The predicted octanol–water partition coefficient (Wildman–Crippen LogP) is 3.21. The minimum absolute atomic E-state index is 0.0937. The van der Waals surface area contributed by atoms with Crippen molar-refractivity contribution in [3.05, 3.63) is 0 Å². The lowest BCUT2D eigenvalue weighted by Crippen LogP contribution is -2.53. The molecule has 0 aromatic carbocycles. The standard InChI is InChI=1S/C15H27NOS/c1-14(2,3)13(17)11-12-10(7-8-18-12)9-16(11)15(4,5)6/h10-12H,7-9H2,1-6H3. The van der Waals surface area contributed by atoms with Crippen LogP contribution in [0.3, 0.4) is 0 Å².